The van der Waals surface area contributed by atoms with E-state index in [1.54, 1.807) is 11.3 Å². The zero-order valence-corrected chi connectivity index (χ0v) is 13.7. The molecule has 0 aromatic carbocycles. The van der Waals surface area contributed by atoms with Gasteiger partial charge in [0.25, 0.3) is 0 Å². The number of nitrogens with zero attached hydrogens (tertiary/aromatic N) is 2. The lowest BCUT2D eigenvalue weighted by Crippen LogP contribution is -2.39. The van der Waals surface area contributed by atoms with Crippen molar-refractivity contribution in [3.8, 4) is 0 Å². The van der Waals surface area contributed by atoms with Gasteiger partial charge < -0.3 is 15.4 Å². The highest BCUT2D eigenvalue weighted by Crippen LogP contribution is 2.33. The number of ether oxygens (including phenoxy) is 1. The number of aromatic nitrogens is 1. The number of rotatable bonds is 6. The van der Waals surface area contributed by atoms with E-state index < -0.39 is 0 Å². The fourth-order valence-corrected chi connectivity index (χ4v) is 3.79. The number of anilines is 1. The van der Waals surface area contributed by atoms with Crippen LogP contribution < -0.4 is 10.6 Å². The lowest BCUT2D eigenvalue weighted by Gasteiger charge is -2.32. The fraction of sp³-hybridized carbons (Fsp3) is 0.800. The minimum absolute atomic E-state index is 0.353. The molecule has 1 aliphatic heterocycles. The Bertz CT molecular complexity index is 419. The third kappa shape index (κ3) is 3.51. The van der Waals surface area contributed by atoms with Gasteiger partial charge in [0.2, 0.25) is 0 Å². The number of hydrogen-bond acceptors (Lipinski definition) is 5. The Hall–Kier alpha value is -0.650. The van der Waals surface area contributed by atoms with Crippen molar-refractivity contribution in [1.29, 1.82) is 0 Å². The van der Waals surface area contributed by atoms with Crippen LogP contribution in [-0.2, 0) is 11.3 Å². The molecule has 1 saturated heterocycles. The summed E-state index contributed by atoms with van der Waals surface area (Å²) in [5.74, 6) is 0.492. The van der Waals surface area contributed by atoms with Crippen molar-refractivity contribution in [3.05, 3.63) is 10.6 Å². The van der Waals surface area contributed by atoms with E-state index in [1.165, 1.54) is 17.0 Å². The van der Waals surface area contributed by atoms with Crippen molar-refractivity contribution < 1.29 is 4.74 Å². The largest absolute Gasteiger partial charge is 0.377 e. The molecule has 2 unspecified atom stereocenters. The monoisotopic (exact) mass is 297 g/mol. The van der Waals surface area contributed by atoms with E-state index in [-0.39, 0.29) is 0 Å². The summed E-state index contributed by atoms with van der Waals surface area (Å²) in [4.78, 5) is 8.50. The number of hydrogen-bond donors (Lipinski definition) is 1. The Kier molecular flexibility index (Phi) is 5.81. The zero-order valence-electron chi connectivity index (χ0n) is 12.9. The molecule has 2 heterocycles. The molecule has 4 nitrogen and oxygen atoms in total. The average Bonchev–Trinajstić information content (AvgIpc) is 2.91. The maximum absolute atomic E-state index is 5.89. The smallest absolute Gasteiger partial charge is 0.185 e. The maximum atomic E-state index is 5.89. The van der Waals surface area contributed by atoms with Crippen LogP contribution in [-0.4, -0.2) is 30.8 Å². The second-order valence-corrected chi connectivity index (χ2v) is 6.55. The molecule has 0 radical (unpaired) electrons. The zero-order chi connectivity index (χ0) is 14.5. The van der Waals surface area contributed by atoms with Gasteiger partial charge in [-0.1, -0.05) is 13.8 Å². The number of nitrogens with two attached hydrogens (primary N) is 1. The predicted molar refractivity (Wildman–Crippen MR) is 85.6 cm³/mol. The molecule has 1 fully saturated rings. The second-order valence-electron chi connectivity index (χ2n) is 5.48. The quantitative estimate of drug-likeness (QED) is 0.876. The average molecular weight is 297 g/mol. The van der Waals surface area contributed by atoms with Gasteiger partial charge in [0.1, 0.15) is 0 Å². The van der Waals surface area contributed by atoms with Crippen LogP contribution in [0, 0.1) is 0 Å². The highest BCUT2D eigenvalue weighted by molar-refractivity contribution is 7.15. The van der Waals surface area contributed by atoms with Gasteiger partial charge in [0.15, 0.2) is 5.13 Å². The molecular weight excluding hydrogens is 270 g/mol. The summed E-state index contributed by atoms with van der Waals surface area (Å²) in [5, 5.41) is 1.13. The summed E-state index contributed by atoms with van der Waals surface area (Å²) in [6, 6.07) is 0. The van der Waals surface area contributed by atoms with Crippen molar-refractivity contribution in [2.24, 2.45) is 5.73 Å². The van der Waals surface area contributed by atoms with Gasteiger partial charge in [0, 0.05) is 31.1 Å². The Morgan fingerprint density at radius 1 is 1.50 bits per heavy atom. The predicted octanol–water partition coefficient (Wildman–Crippen LogP) is 3.12. The van der Waals surface area contributed by atoms with Crippen LogP contribution in [0.1, 0.15) is 56.5 Å². The molecule has 20 heavy (non-hydrogen) atoms. The molecule has 1 aliphatic rings. The van der Waals surface area contributed by atoms with Crippen LogP contribution in [0.5, 0.6) is 0 Å². The topological polar surface area (TPSA) is 51.4 Å². The van der Waals surface area contributed by atoms with Gasteiger partial charge in [-0.05, 0) is 32.1 Å². The molecule has 0 spiro atoms. The first kappa shape index (κ1) is 15.7. The minimum Gasteiger partial charge on any atom is -0.377 e. The summed E-state index contributed by atoms with van der Waals surface area (Å²) >= 11 is 1.76. The Morgan fingerprint density at radius 2 is 2.30 bits per heavy atom. The van der Waals surface area contributed by atoms with Crippen molar-refractivity contribution in [1.82, 2.24) is 4.98 Å². The minimum atomic E-state index is 0.353. The van der Waals surface area contributed by atoms with E-state index in [2.05, 4.69) is 25.7 Å². The van der Waals surface area contributed by atoms with Gasteiger partial charge >= 0.3 is 0 Å². The summed E-state index contributed by atoms with van der Waals surface area (Å²) in [5.41, 5.74) is 7.09. The van der Waals surface area contributed by atoms with Crippen molar-refractivity contribution >= 4 is 16.5 Å². The van der Waals surface area contributed by atoms with Crippen LogP contribution >= 0.6 is 11.3 Å². The van der Waals surface area contributed by atoms with Crippen LogP contribution in [0.2, 0.25) is 0 Å². The fourth-order valence-electron chi connectivity index (χ4n) is 2.69. The first-order chi connectivity index (χ1) is 9.69. The Balaban J connectivity index is 2.13. The molecule has 2 atom stereocenters. The SMILES string of the molecule is CCOC1CCCN(c2nc(C(C)CC)c(CN)s2)C1. The number of thiazole rings is 1. The molecule has 1 aromatic rings. The number of piperidine rings is 1. The van der Waals surface area contributed by atoms with Gasteiger partial charge in [-0.3, -0.25) is 0 Å². The molecule has 2 N–H and O–H groups in total. The van der Waals surface area contributed by atoms with Crippen LogP contribution in [0.3, 0.4) is 0 Å². The van der Waals surface area contributed by atoms with Gasteiger partial charge in [-0.2, -0.15) is 0 Å². The highest BCUT2D eigenvalue weighted by Gasteiger charge is 2.24. The van der Waals surface area contributed by atoms with Gasteiger partial charge in [0.05, 0.1) is 11.8 Å². The third-order valence-corrected chi connectivity index (χ3v) is 5.19. The third-order valence-electron chi connectivity index (χ3n) is 4.03. The normalized spacial score (nSPS) is 21.2. The van der Waals surface area contributed by atoms with Crippen LogP contribution in [0.4, 0.5) is 5.13 Å². The van der Waals surface area contributed by atoms with Crippen molar-refractivity contribution in [3.63, 3.8) is 0 Å². The van der Waals surface area contributed by atoms with Crippen LogP contribution in [0.15, 0.2) is 0 Å². The van der Waals surface area contributed by atoms with E-state index in [0.29, 0.717) is 18.6 Å². The highest BCUT2D eigenvalue weighted by atomic mass is 32.1. The molecule has 0 saturated carbocycles. The lowest BCUT2D eigenvalue weighted by molar-refractivity contribution is 0.0526. The summed E-state index contributed by atoms with van der Waals surface area (Å²) in [6.07, 6.45) is 3.81. The Morgan fingerprint density at radius 3 is 2.95 bits per heavy atom. The summed E-state index contributed by atoms with van der Waals surface area (Å²) < 4.78 is 5.78. The van der Waals surface area contributed by atoms with Gasteiger partial charge in [-0.25, -0.2) is 4.98 Å². The summed E-state index contributed by atoms with van der Waals surface area (Å²) in [7, 11) is 0. The second kappa shape index (κ2) is 7.38. The molecule has 1 aromatic heterocycles. The Labute approximate surface area is 126 Å². The standard InChI is InChI=1S/C15H27N3OS/c1-4-11(3)14-13(9-16)20-15(17-14)18-8-6-7-12(10-18)19-5-2/h11-12H,4-10,16H2,1-3H3. The van der Waals surface area contributed by atoms with Crippen molar-refractivity contribution in [2.75, 3.05) is 24.6 Å². The van der Waals surface area contributed by atoms with E-state index in [0.717, 1.165) is 37.7 Å². The molecule has 0 amide bonds. The molecule has 0 aliphatic carbocycles. The van der Waals surface area contributed by atoms with E-state index in [9.17, 15) is 0 Å². The summed E-state index contributed by atoms with van der Waals surface area (Å²) in [6.45, 7) is 9.94. The lowest BCUT2D eigenvalue weighted by atomic mass is 10.0. The maximum Gasteiger partial charge on any atom is 0.185 e. The molecule has 0 bridgehead atoms. The van der Waals surface area contributed by atoms with Crippen LogP contribution in [0.25, 0.3) is 0 Å². The molecule has 114 valence electrons. The van der Waals surface area contributed by atoms with E-state index in [4.69, 9.17) is 15.5 Å². The van der Waals surface area contributed by atoms with Gasteiger partial charge in [-0.15, -0.1) is 11.3 Å². The van der Waals surface area contributed by atoms with E-state index >= 15 is 0 Å². The van der Waals surface area contributed by atoms with E-state index in [1.807, 2.05) is 0 Å². The molecular formula is C15H27N3OS. The first-order valence-corrected chi connectivity index (χ1v) is 8.57. The molecule has 5 heteroatoms. The van der Waals surface area contributed by atoms with Crippen molar-refractivity contribution in [2.45, 2.75) is 58.6 Å². The molecule has 2 rings (SSSR count). The first-order valence-electron chi connectivity index (χ1n) is 7.75.